The number of nitrogens with zero attached hydrogens (tertiary/aromatic N) is 5. The molecule has 2 aliphatic rings. The van der Waals surface area contributed by atoms with Crippen molar-refractivity contribution in [1.29, 1.82) is 0 Å². The summed E-state index contributed by atoms with van der Waals surface area (Å²) in [7, 11) is 0. The van der Waals surface area contributed by atoms with Crippen LogP contribution < -0.4 is 15.5 Å². The first-order valence-electron chi connectivity index (χ1n) is 13.3. The number of thioether (sulfide) groups is 1. The molecule has 11 heteroatoms. The van der Waals surface area contributed by atoms with Crippen molar-refractivity contribution < 1.29 is 14.1 Å². The Kier molecular flexibility index (Phi) is 7.31. The van der Waals surface area contributed by atoms with Crippen LogP contribution in [0.15, 0.2) is 52.0 Å². The molecule has 2 aliphatic heterocycles. The van der Waals surface area contributed by atoms with Crippen molar-refractivity contribution in [2.45, 2.75) is 33.2 Å². The molecule has 2 amide bonds. The Hall–Kier alpha value is -4.09. The molecule has 0 spiro atoms. The zero-order valence-electron chi connectivity index (χ0n) is 22.3. The predicted molar refractivity (Wildman–Crippen MR) is 154 cm³/mol. The lowest BCUT2D eigenvalue weighted by Gasteiger charge is -2.32. The van der Waals surface area contributed by atoms with Gasteiger partial charge in [-0.15, -0.1) is 0 Å². The molecule has 0 aliphatic carbocycles. The molecule has 5 heterocycles. The third kappa shape index (κ3) is 5.47. The molecule has 4 aromatic rings. The topological polar surface area (TPSA) is 126 Å². The Morgan fingerprint density at radius 2 is 1.98 bits per heavy atom. The van der Waals surface area contributed by atoms with Crippen molar-refractivity contribution in [1.82, 2.24) is 30.7 Å². The number of rotatable bonds is 7. The van der Waals surface area contributed by atoms with Crippen LogP contribution >= 0.6 is 11.8 Å². The number of amides is 2. The first-order chi connectivity index (χ1) is 19.4. The first-order valence-corrected chi connectivity index (χ1v) is 14.1. The lowest BCUT2D eigenvalue weighted by atomic mass is 9.96. The van der Waals surface area contributed by atoms with Crippen LogP contribution in [0.25, 0.3) is 28.2 Å². The number of hydrogen-bond donors (Lipinski definition) is 2. The average Bonchev–Trinajstić information content (AvgIpc) is 3.46. The number of carbonyl (C=O) groups is 2. The van der Waals surface area contributed by atoms with E-state index >= 15 is 0 Å². The highest BCUT2D eigenvalue weighted by molar-refractivity contribution is 8.18. The minimum absolute atomic E-state index is 0.346. The Balaban J connectivity index is 1.09. The lowest BCUT2D eigenvalue weighted by Crippen LogP contribution is -2.38. The van der Waals surface area contributed by atoms with E-state index in [-0.39, 0.29) is 11.1 Å². The maximum Gasteiger partial charge on any atom is 0.290 e. The van der Waals surface area contributed by atoms with E-state index in [9.17, 15) is 9.59 Å². The van der Waals surface area contributed by atoms with E-state index in [2.05, 4.69) is 42.8 Å². The van der Waals surface area contributed by atoms with Gasteiger partial charge in [0.1, 0.15) is 5.76 Å². The van der Waals surface area contributed by atoms with Gasteiger partial charge in [0.2, 0.25) is 5.95 Å². The summed E-state index contributed by atoms with van der Waals surface area (Å²) in [5.74, 6) is 1.56. The van der Waals surface area contributed by atoms with Gasteiger partial charge in [0.15, 0.2) is 0 Å². The minimum atomic E-state index is -0.387. The van der Waals surface area contributed by atoms with E-state index in [0.717, 1.165) is 83.4 Å². The fraction of sp³-hybridized carbons (Fsp3) is 0.310. The molecule has 10 nitrogen and oxygen atoms in total. The number of piperidine rings is 1. The molecule has 2 fully saturated rings. The molecule has 0 bridgehead atoms. The lowest BCUT2D eigenvalue weighted by molar-refractivity contribution is -0.115. The standard InChI is InChI=1S/C29H29N7O3S/c1-17-25(18(2)39-35-17)26-21(13-20-5-3-4-6-23(20)33-26)16-30-15-19-8-11-36(12-9-19)28-31-10-7-22(32-28)14-24-27(37)34-29(38)40-24/h3-7,10,13-14,19,30H,8-9,11-12,15-16H2,1-2H3,(H,34,37,38). The van der Waals surface area contributed by atoms with Gasteiger partial charge >= 0.3 is 0 Å². The molecule has 2 N–H and O–H groups in total. The van der Waals surface area contributed by atoms with Crippen LogP contribution in [0.1, 0.15) is 35.6 Å². The van der Waals surface area contributed by atoms with E-state index < -0.39 is 0 Å². The third-order valence-electron chi connectivity index (χ3n) is 7.30. The largest absolute Gasteiger partial charge is 0.361 e. The molecule has 204 valence electrons. The molecular weight excluding hydrogens is 526 g/mol. The van der Waals surface area contributed by atoms with E-state index in [0.29, 0.717) is 29.0 Å². The van der Waals surface area contributed by atoms with Crippen LogP contribution in [0.5, 0.6) is 0 Å². The molecular formula is C29H29N7O3S. The van der Waals surface area contributed by atoms with Crippen molar-refractivity contribution in [3.05, 3.63) is 70.2 Å². The van der Waals surface area contributed by atoms with Crippen molar-refractivity contribution in [2.24, 2.45) is 5.92 Å². The number of para-hydroxylation sites is 1. The maximum atomic E-state index is 11.9. The summed E-state index contributed by atoms with van der Waals surface area (Å²) in [6, 6.07) is 12.1. The van der Waals surface area contributed by atoms with Crippen LogP contribution in [-0.4, -0.2) is 50.9 Å². The van der Waals surface area contributed by atoms with Crippen LogP contribution in [0.3, 0.4) is 0 Å². The van der Waals surface area contributed by atoms with Gasteiger partial charge in [-0.3, -0.25) is 14.9 Å². The van der Waals surface area contributed by atoms with Gasteiger partial charge in [-0.1, -0.05) is 23.4 Å². The number of pyridine rings is 1. The molecule has 3 aromatic heterocycles. The smallest absolute Gasteiger partial charge is 0.290 e. The van der Waals surface area contributed by atoms with Gasteiger partial charge in [0, 0.05) is 31.2 Å². The number of benzene rings is 1. The SMILES string of the molecule is Cc1noc(C)c1-c1nc2ccccc2cc1CNCC1CCN(c2nccc(C=C3SC(=O)NC3=O)n2)CC1. The monoisotopic (exact) mass is 555 g/mol. The van der Waals surface area contributed by atoms with Crippen molar-refractivity contribution in [3.63, 3.8) is 0 Å². The summed E-state index contributed by atoms with van der Waals surface area (Å²) in [4.78, 5) is 39.9. The summed E-state index contributed by atoms with van der Waals surface area (Å²) < 4.78 is 5.45. The number of carbonyl (C=O) groups excluding carboxylic acids is 2. The average molecular weight is 556 g/mol. The zero-order chi connectivity index (χ0) is 27.6. The molecule has 1 aromatic carbocycles. The Labute approximate surface area is 235 Å². The molecule has 0 saturated carbocycles. The first kappa shape index (κ1) is 26.1. The number of anilines is 1. The van der Waals surface area contributed by atoms with Gasteiger partial charge in [-0.05, 0) is 80.8 Å². The van der Waals surface area contributed by atoms with E-state index in [1.807, 2.05) is 32.0 Å². The van der Waals surface area contributed by atoms with E-state index in [4.69, 9.17) is 9.51 Å². The fourth-order valence-corrected chi connectivity index (χ4v) is 5.90. The maximum absolute atomic E-state index is 11.9. The van der Waals surface area contributed by atoms with Gasteiger partial charge in [0.25, 0.3) is 11.1 Å². The van der Waals surface area contributed by atoms with Gasteiger partial charge in [-0.2, -0.15) is 0 Å². The second-order valence-corrected chi connectivity index (χ2v) is 11.1. The second kappa shape index (κ2) is 11.2. The highest BCUT2D eigenvalue weighted by Crippen LogP contribution is 2.31. The van der Waals surface area contributed by atoms with Gasteiger partial charge in [-0.25, -0.2) is 15.0 Å². The fourth-order valence-electron chi connectivity index (χ4n) is 5.23. The van der Waals surface area contributed by atoms with E-state index in [1.54, 1.807) is 18.3 Å². The Morgan fingerprint density at radius 1 is 1.15 bits per heavy atom. The van der Waals surface area contributed by atoms with Crippen molar-refractivity contribution >= 4 is 45.8 Å². The number of nitrogens with one attached hydrogen (secondary N) is 2. The highest BCUT2D eigenvalue weighted by atomic mass is 32.2. The Bertz CT molecular complexity index is 1610. The normalized spacial score (nSPS) is 17.2. The summed E-state index contributed by atoms with van der Waals surface area (Å²) in [5.41, 5.74) is 5.42. The molecule has 6 rings (SSSR count). The summed E-state index contributed by atoms with van der Waals surface area (Å²) >= 11 is 0.887. The number of fused-ring (bicyclic) bond motifs is 1. The minimum Gasteiger partial charge on any atom is -0.361 e. The van der Waals surface area contributed by atoms with Crippen LogP contribution in [0.2, 0.25) is 0 Å². The number of aromatic nitrogens is 4. The molecule has 0 atom stereocenters. The number of aryl methyl sites for hydroxylation is 2. The molecule has 40 heavy (non-hydrogen) atoms. The zero-order valence-corrected chi connectivity index (χ0v) is 23.1. The van der Waals surface area contributed by atoms with Crippen molar-refractivity contribution in [3.8, 4) is 11.3 Å². The Morgan fingerprint density at radius 3 is 2.73 bits per heavy atom. The summed E-state index contributed by atoms with van der Waals surface area (Å²) in [5, 5.41) is 10.8. The number of imide groups is 1. The van der Waals surface area contributed by atoms with Gasteiger partial charge < -0.3 is 14.7 Å². The summed E-state index contributed by atoms with van der Waals surface area (Å²) in [6.07, 6.45) is 5.35. The van der Waals surface area contributed by atoms with Crippen LogP contribution in [0, 0.1) is 19.8 Å². The van der Waals surface area contributed by atoms with Crippen LogP contribution in [-0.2, 0) is 11.3 Å². The van der Waals surface area contributed by atoms with Crippen molar-refractivity contribution in [2.75, 3.05) is 24.5 Å². The quantitative estimate of drug-likeness (QED) is 0.312. The third-order valence-corrected chi connectivity index (χ3v) is 8.11. The van der Waals surface area contributed by atoms with E-state index in [1.165, 1.54) is 0 Å². The van der Waals surface area contributed by atoms with Crippen LogP contribution in [0.4, 0.5) is 10.7 Å². The summed E-state index contributed by atoms with van der Waals surface area (Å²) in [6.45, 7) is 7.18. The molecule has 0 radical (unpaired) electrons. The van der Waals surface area contributed by atoms with Gasteiger partial charge in [0.05, 0.1) is 33.1 Å². The molecule has 0 unspecified atom stereocenters. The number of hydrogen-bond acceptors (Lipinski definition) is 10. The molecule has 2 saturated heterocycles. The predicted octanol–water partition coefficient (Wildman–Crippen LogP) is 4.63. The highest BCUT2D eigenvalue weighted by Gasteiger charge is 2.26. The second-order valence-electron chi connectivity index (χ2n) is 10.1.